The molecule has 31 heavy (non-hydrogen) atoms. The molecule has 3 fully saturated rings. The van der Waals surface area contributed by atoms with Crippen molar-refractivity contribution in [1.82, 2.24) is 20.3 Å². The van der Waals surface area contributed by atoms with Crippen LogP contribution in [-0.2, 0) is 20.8 Å². The van der Waals surface area contributed by atoms with Gasteiger partial charge in [0.2, 0.25) is 17.7 Å². The lowest BCUT2D eigenvalue weighted by molar-refractivity contribution is -0.143. The van der Waals surface area contributed by atoms with Crippen molar-refractivity contribution in [2.45, 2.75) is 84.2 Å². The van der Waals surface area contributed by atoms with Crippen LogP contribution in [0.15, 0.2) is 4.52 Å². The fraction of sp³-hybridized carbons (Fsp3) is 0.739. The fourth-order valence-corrected chi connectivity index (χ4v) is 5.60. The molecule has 3 heterocycles. The van der Waals surface area contributed by atoms with E-state index in [1.54, 1.807) is 4.90 Å². The van der Waals surface area contributed by atoms with Gasteiger partial charge >= 0.3 is 0 Å². The van der Waals surface area contributed by atoms with Crippen molar-refractivity contribution >= 4 is 17.7 Å². The Morgan fingerprint density at radius 1 is 1.19 bits per heavy atom. The van der Waals surface area contributed by atoms with E-state index in [0.717, 1.165) is 36.9 Å². The van der Waals surface area contributed by atoms with E-state index in [-0.39, 0.29) is 36.2 Å². The Kier molecular flexibility index (Phi) is 6.08. The quantitative estimate of drug-likeness (QED) is 0.772. The minimum Gasteiger partial charge on any atom is -0.361 e. The highest BCUT2D eigenvalue weighted by atomic mass is 16.5. The monoisotopic (exact) mass is 430 g/mol. The molecule has 1 N–H and O–H groups in total. The molecule has 1 aromatic heterocycles. The molecule has 4 rings (SSSR count). The maximum Gasteiger partial charge on any atom is 0.243 e. The summed E-state index contributed by atoms with van der Waals surface area (Å²) < 4.78 is 5.17. The van der Waals surface area contributed by atoms with Crippen LogP contribution in [0.4, 0.5) is 0 Å². The molecule has 0 radical (unpaired) electrons. The van der Waals surface area contributed by atoms with Crippen molar-refractivity contribution < 1.29 is 18.9 Å². The van der Waals surface area contributed by atoms with Crippen LogP contribution in [0.25, 0.3) is 0 Å². The number of hydrogen-bond acceptors (Lipinski definition) is 5. The summed E-state index contributed by atoms with van der Waals surface area (Å²) in [6.07, 6.45) is 6.45. The number of carbonyl (C=O) groups is 3. The van der Waals surface area contributed by atoms with E-state index in [0.29, 0.717) is 44.7 Å². The van der Waals surface area contributed by atoms with Crippen molar-refractivity contribution in [2.24, 2.45) is 5.41 Å². The van der Waals surface area contributed by atoms with E-state index < -0.39 is 5.41 Å². The molecule has 0 bridgehead atoms. The minimum atomic E-state index is -0.520. The predicted molar refractivity (Wildman–Crippen MR) is 114 cm³/mol. The maximum atomic E-state index is 13.3. The molecule has 170 valence electrons. The Balaban J connectivity index is 1.39. The standard InChI is InChI=1S/C23H34N4O4/c1-4-27-19(21(29)24-17-7-5-6-8-17)14-23(22(27)30)9-11-26(12-10-23)20(28)13-18-15(2)25-31-16(18)3/h17,19H,4-14H2,1-3H3,(H,24,29). The lowest BCUT2D eigenvalue weighted by atomic mass is 9.75. The number of piperidine rings is 1. The van der Waals surface area contributed by atoms with Gasteiger partial charge in [0.25, 0.3) is 0 Å². The average Bonchev–Trinajstić information content (AvgIpc) is 3.45. The third kappa shape index (κ3) is 4.08. The number of rotatable bonds is 5. The first-order valence-corrected chi connectivity index (χ1v) is 11.7. The van der Waals surface area contributed by atoms with Crippen molar-refractivity contribution in [2.75, 3.05) is 19.6 Å². The summed E-state index contributed by atoms with van der Waals surface area (Å²) in [5.41, 5.74) is 1.08. The highest BCUT2D eigenvalue weighted by molar-refractivity contribution is 5.94. The van der Waals surface area contributed by atoms with E-state index in [4.69, 9.17) is 4.52 Å². The number of likely N-dealkylation sites (tertiary alicyclic amines) is 2. The zero-order valence-corrected chi connectivity index (χ0v) is 18.9. The number of hydrogen-bond donors (Lipinski definition) is 1. The summed E-state index contributed by atoms with van der Waals surface area (Å²) in [7, 11) is 0. The largest absolute Gasteiger partial charge is 0.361 e. The summed E-state index contributed by atoms with van der Waals surface area (Å²) in [6.45, 7) is 7.23. The maximum absolute atomic E-state index is 13.3. The van der Waals surface area contributed by atoms with Crippen LogP contribution in [0.2, 0.25) is 0 Å². The summed E-state index contributed by atoms with van der Waals surface area (Å²) in [4.78, 5) is 42.7. The second-order valence-corrected chi connectivity index (χ2v) is 9.44. The first-order chi connectivity index (χ1) is 14.8. The van der Waals surface area contributed by atoms with Crippen LogP contribution in [0.1, 0.15) is 68.9 Å². The lowest BCUT2D eigenvalue weighted by Gasteiger charge is -2.38. The van der Waals surface area contributed by atoms with Crippen molar-refractivity contribution in [3.8, 4) is 0 Å². The van der Waals surface area contributed by atoms with Gasteiger partial charge in [0.05, 0.1) is 17.5 Å². The van der Waals surface area contributed by atoms with E-state index in [9.17, 15) is 14.4 Å². The molecule has 1 aromatic rings. The van der Waals surface area contributed by atoms with Gasteiger partial charge in [-0.15, -0.1) is 0 Å². The molecule has 2 aliphatic heterocycles. The van der Waals surface area contributed by atoms with Gasteiger partial charge in [0.1, 0.15) is 11.8 Å². The zero-order valence-electron chi connectivity index (χ0n) is 18.9. The number of nitrogens with zero attached hydrogens (tertiary/aromatic N) is 3. The van der Waals surface area contributed by atoms with E-state index >= 15 is 0 Å². The van der Waals surface area contributed by atoms with Gasteiger partial charge in [-0.1, -0.05) is 18.0 Å². The number of aryl methyl sites for hydroxylation is 2. The van der Waals surface area contributed by atoms with E-state index in [1.807, 2.05) is 25.7 Å². The Morgan fingerprint density at radius 2 is 1.87 bits per heavy atom. The number of amides is 3. The summed E-state index contributed by atoms with van der Waals surface area (Å²) >= 11 is 0. The van der Waals surface area contributed by atoms with Gasteiger partial charge in [0.15, 0.2) is 0 Å². The highest BCUT2D eigenvalue weighted by Crippen LogP contribution is 2.44. The summed E-state index contributed by atoms with van der Waals surface area (Å²) in [5, 5.41) is 7.11. The predicted octanol–water partition coefficient (Wildman–Crippen LogP) is 2.12. The normalized spacial score (nSPS) is 23.7. The molecule has 8 heteroatoms. The van der Waals surface area contributed by atoms with Gasteiger partial charge in [-0.3, -0.25) is 14.4 Å². The first kappa shape index (κ1) is 21.8. The van der Waals surface area contributed by atoms with Crippen molar-refractivity contribution in [3.05, 3.63) is 17.0 Å². The highest BCUT2D eigenvalue weighted by Gasteiger charge is 2.54. The molecule has 1 spiro atoms. The molecule has 3 amide bonds. The van der Waals surface area contributed by atoms with Gasteiger partial charge in [0, 0.05) is 31.2 Å². The third-order valence-corrected chi connectivity index (χ3v) is 7.60. The lowest BCUT2D eigenvalue weighted by Crippen LogP contribution is -2.48. The zero-order chi connectivity index (χ0) is 22.2. The van der Waals surface area contributed by atoms with Gasteiger partial charge in [-0.25, -0.2) is 0 Å². The summed E-state index contributed by atoms with van der Waals surface area (Å²) in [5.74, 6) is 0.799. The van der Waals surface area contributed by atoms with Gasteiger partial charge in [-0.05, 0) is 52.9 Å². The molecule has 0 aromatic carbocycles. The SMILES string of the molecule is CCN1C(=O)C2(CCN(C(=O)Cc3c(C)noc3C)CC2)CC1C(=O)NC1CCCC1. The minimum absolute atomic E-state index is 0.00381. The smallest absolute Gasteiger partial charge is 0.243 e. The van der Waals surface area contributed by atoms with Crippen LogP contribution >= 0.6 is 0 Å². The second-order valence-electron chi connectivity index (χ2n) is 9.44. The van der Waals surface area contributed by atoms with Gasteiger partial charge < -0.3 is 19.6 Å². The molecule has 2 saturated heterocycles. The number of carbonyl (C=O) groups excluding carboxylic acids is 3. The van der Waals surface area contributed by atoms with Gasteiger partial charge in [-0.2, -0.15) is 0 Å². The first-order valence-electron chi connectivity index (χ1n) is 11.7. The molecule has 1 unspecified atom stereocenters. The van der Waals surface area contributed by atoms with Crippen LogP contribution in [0.5, 0.6) is 0 Å². The number of likely N-dealkylation sites (N-methyl/N-ethyl adjacent to an activating group) is 1. The molecular weight excluding hydrogens is 396 g/mol. The molecule has 1 aliphatic carbocycles. The molecule has 1 saturated carbocycles. The topological polar surface area (TPSA) is 95.8 Å². The van der Waals surface area contributed by atoms with Crippen LogP contribution < -0.4 is 5.32 Å². The van der Waals surface area contributed by atoms with Crippen LogP contribution in [0, 0.1) is 19.3 Å². The molecule has 8 nitrogen and oxygen atoms in total. The fourth-order valence-electron chi connectivity index (χ4n) is 5.60. The van der Waals surface area contributed by atoms with Crippen LogP contribution in [0.3, 0.4) is 0 Å². The second kappa shape index (κ2) is 8.63. The number of aromatic nitrogens is 1. The van der Waals surface area contributed by atoms with E-state index in [1.165, 1.54) is 0 Å². The Bertz CT molecular complexity index is 830. The Labute approximate surface area is 183 Å². The van der Waals surface area contributed by atoms with Crippen molar-refractivity contribution in [3.63, 3.8) is 0 Å². The Morgan fingerprint density at radius 3 is 2.45 bits per heavy atom. The number of nitrogens with one attached hydrogen (secondary N) is 1. The van der Waals surface area contributed by atoms with Crippen molar-refractivity contribution in [1.29, 1.82) is 0 Å². The molecule has 1 atom stereocenters. The van der Waals surface area contributed by atoms with E-state index in [2.05, 4.69) is 10.5 Å². The third-order valence-electron chi connectivity index (χ3n) is 7.60. The van der Waals surface area contributed by atoms with Crippen LogP contribution in [-0.4, -0.2) is 64.4 Å². The Hall–Kier alpha value is -2.38. The average molecular weight is 431 g/mol. The molecular formula is C23H34N4O4. The molecule has 3 aliphatic rings. The summed E-state index contributed by atoms with van der Waals surface area (Å²) in [6, 6.07) is -0.135.